The topological polar surface area (TPSA) is 93.4 Å². The number of rotatable bonds is 7. The molecular formula is C11H19N3O3S. The van der Waals surface area contributed by atoms with E-state index in [1.165, 1.54) is 0 Å². The first-order valence-corrected chi connectivity index (χ1v) is 7.43. The maximum Gasteiger partial charge on any atom is 0.208 e. The zero-order valence-electron chi connectivity index (χ0n) is 10.6. The Bertz CT molecular complexity index is 488. The van der Waals surface area contributed by atoms with Crippen molar-refractivity contribution in [2.45, 2.75) is 6.42 Å². The number of benzene rings is 1. The highest BCUT2D eigenvalue weighted by molar-refractivity contribution is 7.88. The largest absolute Gasteiger partial charge is 0.497 e. The molecule has 0 fully saturated rings. The van der Waals surface area contributed by atoms with Crippen LogP contribution in [0.15, 0.2) is 18.2 Å². The van der Waals surface area contributed by atoms with Gasteiger partial charge in [-0.15, -0.1) is 0 Å². The number of sulfonamides is 1. The Balaban J connectivity index is 2.39. The van der Waals surface area contributed by atoms with Gasteiger partial charge in [0.15, 0.2) is 0 Å². The lowest BCUT2D eigenvalue weighted by Crippen LogP contribution is -2.24. The van der Waals surface area contributed by atoms with Crippen LogP contribution in [0.1, 0.15) is 6.42 Å². The first-order chi connectivity index (χ1) is 8.42. The van der Waals surface area contributed by atoms with Crippen LogP contribution in [0.2, 0.25) is 0 Å². The predicted molar refractivity (Wildman–Crippen MR) is 73.4 cm³/mol. The van der Waals surface area contributed by atoms with Gasteiger partial charge < -0.3 is 15.8 Å². The average Bonchev–Trinajstić information content (AvgIpc) is 2.29. The SMILES string of the molecule is COc1ccc(N)c(NCCCNS(C)(=O)=O)c1. The minimum atomic E-state index is -3.11. The number of methoxy groups -OCH3 is 1. The first-order valence-electron chi connectivity index (χ1n) is 5.54. The van der Waals surface area contributed by atoms with Crippen LogP contribution in [-0.4, -0.2) is 34.9 Å². The maximum absolute atomic E-state index is 10.8. The molecule has 0 saturated carbocycles. The van der Waals surface area contributed by atoms with Crippen LogP contribution >= 0.6 is 0 Å². The van der Waals surface area contributed by atoms with Gasteiger partial charge in [0, 0.05) is 19.2 Å². The van der Waals surface area contributed by atoms with E-state index in [0.29, 0.717) is 25.2 Å². The summed E-state index contributed by atoms with van der Waals surface area (Å²) >= 11 is 0. The monoisotopic (exact) mass is 273 g/mol. The smallest absolute Gasteiger partial charge is 0.208 e. The molecule has 0 spiro atoms. The van der Waals surface area contributed by atoms with Crippen LogP contribution in [0.3, 0.4) is 0 Å². The summed E-state index contributed by atoms with van der Waals surface area (Å²) in [5, 5.41) is 3.13. The van der Waals surface area contributed by atoms with Crippen molar-refractivity contribution < 1.29 is 13.2 Å². The summed E-state index contributed by atoms with van der Waals surface area (Å²) < 4.78 is 29.2. The summed E-state index contributed by atoms with van der Waals surface area (Å²) in [5.74, 6) is 0.723. The minimum Gasteiger partial charge on any atom is -0.497 e. The molecule has 0 bridgehead atoms. The number of anilines is 2. The molecule has 0 aliphatic carbocycles. The molecule has 1 aromatic carbocycles. The maximum atomic E-state index is 10.8. The van der Waals surface area contributed by atoms with E-state index >= 15 is 0 Å². The Kier molecular flexibility index (Phi) is 5.24. The van der Waals surface area contributed by atoms with Crippen molar-refractivity contribution in [3.8, 4) is 5.75 Å². The summed E-state index contributed by atoms with van der Waals surface area (Å²) in [6.07, 6.45) is 1.81. The van der Waals surface area contributed by atoms with E-state index in [0.717, 1.165) is 17.7 Å². The van der Waals surface area contributed by atoms with Gasteiger partial charge >= 0.3 is 0 Å². The van der Waals surface area contributed by atoms with Crippen molar-refractivity contribution >= 4 is 21.4 Å². The molecule has 1 aromatic rings. The van der Waals surface area contributed by atoms with Crippen molar-refractivity contribution in [2.24, 2.45) is 0 Å². The lowest BCUT2D eigenvalue weighted by molar-refractivity contribution is 0.415. The van der Waals surface area contributed by atoms with Gasteiger partial charge in [0.25, 0.3) is 0 Å². The first kappa shape index (κ1) is 14.6. The molecule has 0 radical (unpaired) electrons. The Morgan fingerprint density at radius 3 is 2.67 bits per heavy atom. The highest BCUT2D eigenvalue weighted by Gasteiger charge is 2.02. The average molecular weight is 273 g/mol. The van der Waals surface area contributed by atoms with E-state index in [1.807, 2.05) is 0 Å². The van der Waals surface area contributed by atoms with E-state index in [2.05, 4.69) is 10.0 Å². The molecular weight excluding hydrogens is 254 g/mol. The van der Waals surface area contributed by atoms with Crippen molar-refractivity contribution in [3.63, 3.8) is 0 Å². The summed E-state index contributed by atoms with van der Waals surface area (Å²) in [6.45, 7) is 1.02. The fraction of sp³-hybridized carbons (Fsp3) is 0.455. The molecule has 6 nitrogen and oxygen atoms in total. The molecule has 0 unspecified atom stereocenters. The number of nitrogen functional groups attached to an aromatic ring is 1. The van der Waals surface area contributed by atoms with Crippen LogP contribution < -0.4 is 20.5 Å². The molecule has 0 amide bonds. The van der Waals surface area contributed by atoms with Gasteiger partial charge in [-0.1, -0.05) is 0 Å². The van der Waals surface area contributed by atoms with Gasteiger partial charge in [0.05, 0.1) is 24.7 Å². The molecule has 0 aromatic heterocycles. The van der Waals surface area contributed by atoms with Crippen molar-refractivity contribution in [1.82, 2.24) is 4.72 Å². The fourth-order valence-corrected chi connectivity index (χ4v) is 1.90. The lowest BCUT2D eigenvalue weighted by atomic mass is 10.2. The molecule has 0 aliphatic rings. The van der Waals surface area contributed by atoms with Gasteiger partial charge in [-0.25, -0.2) is 13.1 Å². The number of hydrogen-bond acceptors (Lipinski definition) is 5. The second kappa shape index (κ2) is 6.46. The molecule has 4 N–H and O–H groups in total. The molecule has 0 aliphatic heterocycles. The van der Waals surface area contributed by atoms with Crippen LogP contribution in [-0.2, 0) is 10.0 Å². The van der Waals surface area contributed by atoms with Gasteiger partial charge in [-0.3, -0.25) is 0 Å². The van der Waals surface area contributed by atoms with E-state index in [-0.39, 0.29) is 0 Å². The predicted octanol–water partition coefficient (Wildman–Crippen LogP) is 0.629. The fourth-order valence-electron chi connectivity index (χ4n) is 1.38. The Morgan fingerprint density at radius 1 is 1.33 bits per heavy atom. The van der Waals surface area contributed by atoms with Crippen molar-refractivity contribution in [2.75, 3.05) is 37.5 Å². The molecule has 102 valence electrons. The van der Waals surface area contributed by atoms with E-state index < -0.39 is 10.0 Å². The third-order valence-corrected chi connectivity index (χ3v) is 3.02. The summed E-state index contributed by atoms with van der Waals surface area (Å²) in [5.41, 5.74) is 7.22. The summed E-state index contributed by atoms with van der Waals surface area (Å²) in [4.78, 5) is 0. The molecule has 0 saturated heterocycles. The second-order valence-corrected chi connectivity index (χ2v) is 5.73. The number of nitrogens with two attached hydrogens (primary N) is 1. The van der Waals surface area contributed by atoms with Crippen molar-refractivity contribution in [3.05, 3.63) is 18.2 Å². The van der Waals surface area contributed by atoms with Gasteiger partial charge in [-0.05, 0) is 18.6 Å². The molecule has 18 heavy (non-hydrogen) atoms. The van der Waals surface area contributed by atoms with Crippen LogP contribution in [0, 0.1) is 0 Å². The molecule has 1 rings (SSSR count). The Hall–Kier alpha value is -1.47. The molecule has 0 heterocycles. The number of nitrogens with one attached hydrogen (secondary N) is 2. The van der Waals surface area contributed by atoms with Crippen LogP contribution in [0.5, 0.6) is 5.75 Å². The summed E-state index contributed by atoms with van der Waals surface area (Å²) in [6, 6.07) is 5.35. The van der Waals surface area contributed by atoms with E-state index in [1.54, 1.807) is 25.3 Å². The third-order valence-electron chi connectivity index (χ3n) is 2.29. The zero-order valence-corrected chi connectivity index (χ0v) is 11.4. The third kappa shape index (κ3) is 5.24. The number of hydrogen-bond donors (Lipinski definition) is 3. The van der Waals surface area contributed by atoms with E-state index in [9.17, 15) is 8.42 Å². The Morgan fingerprint density at radius 2 is 2.06 bits per heavy atom. The number of ether oxygens (including phenoxy) is 1. The van der Waals surface area contributed by atoms with Gasteiger partial charge in [0.2, 0.25) is 10.0 Å². The normalized spacial score (nSPS) is 11.2. The Labute approximate surface area is 108 Å². The van der Waals surface area contributed by atoms with Crippen LogP contribution in [0.4, 0.5) is 11.4 Å². The molecule has 7 heteroatoms. The quantitative estimate of drug-likeness (QED) is 0.500. The van der Waals surface area contributed by atoms with E-state index in [4.69, 9.17) is 10.5 Å². The highest BCUT2D eigenvalue weighted by Crippen LogP contribution is 2.24. The lowest BCUT2D eigenvalue weighted by Gasteiger charge is -2.10. The standard InChI is InChI=1S/C11H19N3O3S/c1-17-9-4-5-10(12)11(8-9)13-6-3-7-14-18(2,15)16/h4-5,8,13-14H,3,6-7,12H2,1-2H3. The van der Waals surface area contributed by atoms with Crippen LogP contribution in [0.25, 0.3) is 0 Å². The zero-order chi connectivity index (χ0) is 13.6. The second-order valence-electron chi connectivity index (χ2n) is 3.90. The van der Waals surface area contributed by atoms with Crippen molar-refractivity contribution in [1.29, 1.82) is 0 Å². The molecule has 0 atom stereocenters. The van der Waals surface area contributed by atoms with Gasteiger partial charge in [-0.2, -0.15) is 0 Å². The summed E-state index contributed by atoms with van der Waals surface area (Å²) in [7, 11) is -1.52. The minimum absolute atomic E-state index is 0.399. The highest BCUT2D eigenvalue weighted by atomic mass is 32.2. The van der Waals surface area contributed by atoms with Gasteiger partial charge in [0.1, 0.15) is 5.75 Å².